The van der Waals surface area contributed by atoms with Crippen LogP contribution in [0.5, 0.6) is 0 Å². The van der Waals surface area contributed by atoms with Crippen molar-refractivity contribution in [2.45, 2.75) is 51.0 Å². The third-order valence-corrected chi connectivity index (χ3v) is 4.77. The van der Waals surface area contributed by atoms with Gasteiger partial charge in [0.1, 0.15) is 10.7 Å². The summed E-state index contributed by atoms with van der Waals surface area (Å²) in [4.78, 5) is 4.79. The molecular weight excluding hydrogens is 272 g/mol. The van der Waals surface area contributed by atoms with Gasteiger partial charge in [0.2, 0.25) is 0 Å². The summed E-state index contributed by atoms with van der Waals surface area (Å²) in [6, 6.07) is 0.280. The summed E-state index contributed by atoms with van der Waals surface area (Å²) >= 11 is 6.55. The highest BCUT2D eigenvalue weighted by Crippen LogP contribution is 2.41. The van der Waals surface area contributed by atoms with Crippen molar-refractivity contribution < 1.29 is 0 Å². The van der Waals surface area contributed by atoms with Gasteiger partial charge in [-0.1, -0.05) is 18.0 Å². The van der Waals surface area contributed by atoms with Crippen molar-refractivity contribution in [3.05, 3.63) is 28.2 Å². The summed E-state index contributed by atoms with van der Waals surface area (Å²) in [6.45, 7) is 3.17. The SMILES string of the molecule is Cc1cn2nc(C3CCCCN3)c(Cl)c2nc1C1CC1. The molecule has 1 atom stereocenters. The lowest BCUT2D eigenvalue weighted by molar-refractivity contribution is 0.404. The minimum atomic E-state index is 0.280. The molecule has 1 unspecified atom stereocenters. The lowest BCUT2D eigenvalue weighted by atomic mass is 10.0. The lowest BCUT2D eigenvalue weighted by Crippen LogP contribution is -2.27. The average Bonchev–Trinajstić information content (AvgIpc) is 3.25. The lowest BCUT2D eigenvalue weighted by Gasteiger charge is -2.21. The fourth-order valence-corrected chi connectivity index (χ4v) is 3.44. The smallest absolute Gasteiger partial charge is 0.174 e. The normalized spacial score (nSPS) is 23.4. The maximum Gasteiger partial charge on any atom is 0.174 e. The van der Waals surface area contributed by atoms with Gasteiger partial charge in [-0.2, -0.15) is 5.10 Å². The summed E-state index contributed by atoms with van der Waals surface area (Å²) in [7, 11) is 0. The highest BCUT2D eigenvalue weighted by Gasteiger charge is 2.29. The van der Waals surface area contributed by atoms with Crippen LogP contribution in [0.3, 0.4) is 0 Å². The highest BCUT2D eigenvalue weighted by molar-refractivity contribution is 6.34. The Labute approximate surface area is 123 Å². The first kappa shape index (κ1) is 12.6. The molecule has 4 rings (SSSR count). The zero-order valence-corrected chi connectivity index (χ0v) is 12.5. The Morgan fingerprint density at radius 3 is 2.80 bits per heavy atom. The summed E-state index contributed by atoms with van der Waals surface area (Å²) in [5, 5.41) is 8.92. The number of nitrogens with one attached hydrogen (secondary N) is 1. The molecule has 1 aliphatic heterocycles. The average molecular weight is 291 g/mol. The van der Waals surface area contributed by atoms with Crippen LogP contribution in [0.4, 0.5) is 0 Å². The molecule has 1 saturated carbocycles. The van der Waals surface area contributed by atoms with Crippen molar-refractivity contribution in [2.75, 3.05) is 6.54 Å². The quantitative estimate of drug-likeness (QED) is 0.922. The minimum absolute atomic E-state index is 0.280. The number of halogens is 1. The molecule has 2 aromatic heterocycles. The predicted molar refractivity (Wildman–Crippen MR) is 79.3 cm³/mol. The van der Waals surface area contributed by atoms with E-state index in [1.165, 1.54) is 36.9 Å². The number of hydrogen-bond acceptors (Lipinski definition) is 3. The van der Waals surface area contributed by atoms with Crippen LogP contribution in [0.2, 0.25) is 5.02 Å². The Hall–Kier alpha value is -1.13. The monoisotopic (exact) mass is 290 g/mol. The first-order chi connectivity index (χ1) is 9.74. The largest absolute Gasteiger partial charge is 0.309 e. The van der Waals surface area contributed by atoms with Crippen LogP contribution >= 0.6 is 11.6 Å². The molecular formula is C15H19ClN4. The van der Waals surface area contributed by atoms with Gasteiger partial charge in [0.25, 0.3) is 0 Å². The van der Waals surface area contributed by atoms with Gasteiger partial charge in [-0.3, -0.25) is 0 Å². The van der Waals surface area contributed by atoms with Crippen molar-refractivity contribution in [1.82, 2.24) is 19.9 Å². The maximum absolute atomic E-state index is 6.55. The summed E-state index contributed by atoms with van der Waals surface area (Å²) in [6.07, 6.45) is 8.18. The first-order valence-electron chi connectivity index (χ1n) is 7.52. The van der Waals surface area contributed by atoms with E-state index in [-0.39, 0.29) is 6.04 Å². The first-order valence-corrected chi connectivity index (χ1v) is 7.90. The van der Waals surface area contributed by atoms with Crippen LogP contribution in [-0.4, -0.2) is 21.1 Å². The zero-order valence-electron chi connectivity index (χ0n) is 11.7. The molecule has 4 nitrogen and oxygen atoms in total. The van der Waals surface area contributed by atoms with Crippen LogP contribution in [-0.2, 0) is 0 Å². The van der Waals surface area contributed by atoms with E-state index in [2.05, 4.69) is 23.5 Å². The standard InChI is InChI=1S/C15H19ClN4/c1-9-8-20-15(18-13(9)10-5-6-10)12(16)14(19-20)11-4-2-3-7-17-11/h8,10-11,17H,2-7H2,1H3. The van der Waals surface area contributed by atoms with E-state index < -0.39 is 0 Å². The Kier molecular flexibility index (Phi) is 2.97. The maximum atomic E-state index is 6.55. The Bertz CT molecular complexity index is 653. The second kappa shape index (κ2) is 4.71. The van der Waals surface area contributed by atoms with E-state index >= 15 is 0 Å². The Morgan fingerprint density at radius 2 is 2.10 bits per heavy atom. The van der Waals surface area contributed by atoms with Crippen molar-refractivity contribution in [3.63, 3.8) is 0 Å². The molecule has 2 aliphatic rings. The van der Waals surface area contributed by atoms with E-state index in [0.29, 0.717) is 5.92 Å². The van der Waals surface area contributed by atoms with Gasteiger partial charge in [0, 0.05) is 12.1 Å². The van der Waals surface area contributed by atoms with Crippen molar-refractivity contribution >= 4 is 17.2 Å². The summed E-state index contributed by atoms with van der Waals surface area (Å²) < 4.78 is 1.86. The molecule has 1 N–H and O–H groups in total. The molecule has 106 valence electrons. The van der Waals surface area contributed by atoms with Gasteiger partial charge in [0.05, 0.1) is 11.7 Å². The molecule has 0 spiro atoms. The number of fused-ring (bicyclic) bond motifs is 1. The van der Waals surface area contributed by atoms with E-state index in [9.17, 15) is 0 Å². The zero-order chi connectivity index (χ0) is 13.7. The second-order valence-electron chi connectivity index (χ2n) is 6.05. The topological polar surface area (TPSA) is 42.2 Å². The second-order valence-corrected chi connectivity index (χ2v) is 6.43. The highest BCUT2D eigenvalue weighted by atomic mass is 35.5. The number of aryl methyl sites for hydroxylation is 1. The fourth-order valence-electron chi connectivity index (χ4n) is 3.14. The van der Waals surface area contributed by atoms with E-state index in [0.717, 1.165) is 29.3 Å². The van der Waals surface area contributed by atoms with Gasteiger partial charge in [0.15, 0.2) is 5.65 Å². The van der Waals surface area contributed by atoms with Gasteiger partial charge < -0.3 is 5.32 Å². The Balaban J connectivity index is 1.80. The number of aromatic nitrogens is 3. The predicted octanol–water partition coefficient (Wildman–Crippen LogP) is 3.38. The van der Waals surface area contributed by atoms with Crippen LogP contribution in [0.15, 0.2) is 6.20 Å². The van der Waals surface area contributed by atoms with Crippen molar-refractivity contribution in [1.29, 1.82) is 0 Å². The third kappa shape index (κ3) is 2.02. The van der Waals surface area contributed by atoms with Gasteiger partial charge in [-0.25, -0.2) is 9.50 Å². The number of nitrogens with zero attached hydrogens (tertiary/aromatic N) is 3. The number of hydrogen-bond donors (Lipinski definition) is 1. The molecule has 2 fully saturated rings. The number of rotatable bonds is 2. The molecule has 3 heterocycles. The van der Waals surface area contributed by atoms with E-state index in [1.54, 1.807) is 0 Å². The van der Waals surface area contributed by atoms with Gasteiger partial charge in [-0.15, -0.1) is 0 Å². The van der Waals surface area contributed by atoms with Crippen LogP contribution < -0.4 is 5.32 Å². The van der Waals surface area contributed by atoms with Gasteiger partial charge >= 0.3 is 0 Å². The summed E-state index contributed by atoms with van der Waals surface area (Å²) in [5.74, 6) is 0.641. The molecule has 20 heavy (non-hydrogen) atoms. The third-order valence-electron chi connectivity index (χ3n) is 4.40. The van der Waals surface area contributed by atoms with Crippen molar-refractivity contribution in [3.8, 4) is 0 Å². The molecule has 0 aromatic carbocycles. The van der Waals surface area contributed by atoms with Crippen LogP contribution in [0.1, 0.15) is 61.0 Å². The molecule has 2 aromatic rings. The van der Waals surface area contributed by atoms with Crippen LogP contribution in [0.25, 0.3) is 5.65 Å². The molecule has 0 bridgehead atoms. The Morgan fingerprint density at radius 1 is 1.25 bits per heavy atom. The molecule has 5 heteroatoms. The minimum Gasteiger partial charge on any atom is -0.309 e. The van der Waals surface area contributed by atoms with E-state index in [1.807, 2.05) is 4.52 Å². The van der Waals surface area contributed by atoms with E-state index in [4.69, 9.17) is 16.6 Å². The summed E-state index contributed by atoms with van der Waals surface area (Å²) in [5.41, 5.74) is 4.22. The van der Waals surface area contributed by atoms with Gasteiger partial charge in [-0.05, 0) is 44.7 Å². The molecule has 0 amide bonds. The fraction of sp³-hybridized carbons (Fsp3) is 0.600. The van der Waals surface area contributed by atoms with Crippen molar-refractivity contribution in [2.24, 2.45) is 0 Å². The number of piperidine rings is 1. The molecule has 1 aliphatic carbocycles. The van der Waals surface area contributed by atoms with Crippen LogP contribution in [0, 0.1) is 6.92 Å². The molecule has 0 radical (unpaired) electrons. The molecule has 1 saturated heterocycles.